The van der Waals surface area contributed by atoms with Crippen molar-refractivity contribution in [2.75, 3.05) is 11.9 Å². The first-order valence-corrected chi connectivity index (χ1v) is 9.38. The second-order valence-corrected chi connectivity index (χ2v) is 8.49. The van der Waals surface area contributed by atoms with Gasteiger partial charge in [0.1, 0.15) is 0 Å². The van der Waals surface area contributed by atoms with Crippen LogP contribution in [-0.4, -0.2) is 18.1 Å². The highest BCUT2D eigenvalue weighted by Gasteiger charge is 2.35. The third-order valence-electron chi connectivity index (χ3n) is 6.35. The number of rotatable bonds is 2. The van der Waals surface area contributed by atoms with Crippen LogP contribution in [0.25, 0.3) is 0 Å². The molecule has 1 aromatic rings. The molecule has 2 nitrogen and oxygen atoms in total. The van der Waals surface area contributed by atoms with Crippen LogP contribution in [0, 0.1) is 24.7 Å². The monoisotopic (exact) mass is 316 g/mol. The van der Waals surface area contributed by atoms with Crippen molar-refractivity contribution < 1.29 is 0 Å². The number of nitrogens with zero attached hydrogens (tertiary/aromatic N) is 2. The quantitative estimate of drug-likeness (QED) is 0.690. The van der Waals surface area contributed by atoms with Crippen LogP contribution in [0.3, 0.4) is 0 Å². The molecule has 23 heavy (non-hydrogen) atoms. The van der Waals surface area contributed by atoms with Crippen molar-refractivity contribution in [2.45, 2.75) is 79.7 Å². The molecule has 0 radical (unpaired) electrons. The van der Waals surface area contributed by atoms with Crippen LogP contribution in [0.5, 0.6) is 0 Å². The van der Waals surface area contributed by atoms with Crippen molar-refractivity contribution in [3.05, 3.63) is 23.0 Å². The molecule has 4 atom stereocenters. The number of pyridine rings is 1. The van der Waals surface area contributed by atoms with Crippen molar-refractivity contribution >= 4 is 5.69 Å². The molecule has 0 N–H and O–H groups in total. The van der Waals surface area contributed by atoms with E-state index < -0.39 is 0 Å². The molecule has 0 amide bonds. The Morgan fingerprint density at radius 3 is 2.26 bits per heavy atom. The largest absolute Gasteiger partial charge is 0.370 e. The highest BCUT2D eigenvalue weighted by atomic mass is 15.1. The van der Waals surface area contributed by atoms with Gasteiger partial charge < -0.3 is 4.90 Å². The second kappa shape index (κ2) is 6.83. The van der Waals surface area contributed by atoms with Gasteiger partial charge in [0.15, 0.2) is 0 Å². The first-order chi connectivity index (χ1) is 10.7. The van der Waals surface area contributed by atoms with Gasteiger partial charge in [-0.2, -0.15) is 0 Å². The maximum atomic E-state index is 4.77. The number of aromatic nitrogens is 1. The van der Waals surface area contributed by atoms with E-state index in [-0.39, 0.29) is 0 Å². The van der Waals surface area contributed by atoms with Gasteiger partial charge in [-0.15, -0.1) is 0 Å². The number of fused-ring (bicyclic) bond motifs is 1. The Balaban J connectivity index is 2.76. The van der Waals surface area contributed by atoms with E-state index in [1.165, 1.54) is 23.4 Å². The molecule has 0 aromatic carbocycles. The highest BCUT2D eigenvalue weighted by Crippen LogP contribution is 2.46. The lowest BCUT2D eigenvalue weighted by Crippen LogP contribution is -2.41. The summed E-state index contributed by atoms with van der Waals surface area (Å²) >= 11 is 0. The van der Waals surface area contributed by atoms with E-state index in [1.54, 1.807) is 5.56 Å². The zero-order valence-electron chi connectivity index (χ0n) is 16.6. The van der Waals surface area contributed by atoms with Crippen molar-refractivity contribution in [1.29, 1.82) is 0 Å². The van der Waals surface area contributed by atoms with Crippen LogP contribution in [0.1, 0.15) is 83.5 Å². The molecule has 2 rings (SSSR count). The van der Waals surface area contributed by atoms with E-state index >= 15 is 0 Å². The van der Waals surface area contributed by atoms with Crippen LogP contribution in [0.15, 0.2) is 6.20 Å². The Bertz CT molecular complexity index is 547. The molecule has 0 aliphatic carbocycles. The molecule has 1 aliphatic rings. The zero-order chi connectivity index (χ0) is 17.5. The predicted molar refractivity (Wildman–Crippen MR) is 101 cm³/mol. The molecule has 0 fully saturated rings. The van der Waals surface area contributed by atoms with Gasteiger partial charge in [0.2, 0.25) is 0 Å². The summed E-state index contributed by atoms with van der Waals surface area (Å²) in [5.74, 6) is 3.23. The topological polar surface area (TPSA) is 16.1 Å². The molecule has 2 heteroatoms. The van der Waals surface area contributed by atoms with E-state index in [4.69, 9.17) is 4.98 Å². The van der Waals surface area contributed by atoms with Crippen molar-refractivity contribution in [1.82, 2.24) is 4.98 Å². The molecule has 130 valence electrons. The molecule has 1 unspecified atom stereocenters. The van der Waals surface area contributed by atoms with E-state index in [9.17, 15) is 0 Å². The standard InChI is InChI=1S/C21H36N2/c1-12(2)18-10-14(5)15(6)17(8)23(9)21-16(7)22-11-19(13(3)4)20(18)21/h11-15,17-18H,10H2,1-9H3/t14-,15-,17-,18?/m1/s1. The van der Waals surface area contributed by atoms with E-state index in [2.05, 4.69) is 73.5 Å². The molecule has 0 saturated heterocycles. The Hall–Kier alpha value is -1.05. The Kier molecular flexibility index (Phi) is 5.43. The average Bonchev–Trinajstić information content (AvgIpc) is 2.48. The fourth-order valence-corrected chi connectivity index (χ4v) is 4.29. The maximum absolute atomic E-state index is 4.77. The smallest absolute Gasteiger partial charge is 0.0620 e. The third-order valence-corrected chi connectivity index (χ3v) is 6.35. The van der Waals surface area contributed by atoms with Gasteiger partial charge in [0.25, 0.3) is 0 Å². The zero-order valence-corrected chi connectivity index (χ0v) is 16.6. The molecule has 2 heterocycles. The van der Waals surface area contributed by atoms with Gasteiger partial charge in [-0.25, -0.2) is 0 Å². The summed E-state index contributed by atoms with van der Waals surface area (Å²) in [6.45, 7) is 18.8. The second-order valence-electron chi connectivity index (χ2n) is 8.49. The lowest BCUT2D eigenvalue weighted by atomic mass is 9.72. The number of hydrogen-bond donors (Lipinski definition) is 0. The molecule has 1 aliphatic heterocycles. The molecular formula is C21H36N2. The number of aryl methyl sites for hydroxylation is 1. The van der Waals surface area contributed by atoms with Crippen LogP contribution in [0.4, 0.5) is 5.69 Å². The van der Waals surface area contributed by atoms with Gasteiger partial charge >= 0.3 is 0 Å². The average molecular weight is 317 g/mol. The van der Waals surface area contributed by atoms with Crippen molar-refractivity contribution in [2.24, 2.45) is 17.8 Å². The molecule has 0 bridgehead atoms. The molecular weight excluding hydrogens is 280 g/mol. The summed E-state index contributed by atoms with van der Waals surface area (Å²) in [6, 6.07) is 0.541. The Morgan fingerprint density at radius 2 is 1.74 bits per heavy atom. The Labute approximate surface area is 143 Å². The van der Waals surface area contributed by atoms with E-state index in [1.807, 2.05) is 0 Å². The lowest BCUT2D eigenvalue weighted by Gasteiger charge is -2.43. The van der Waals surface area contributed by atoms with E-state index in [0.717, 1.165) is 5.92 Å². The Morgan fingerprint density at radius 1 is 1.13 bits per heavy atom. The van der Waals surface area contributed by atoms with E-state index in [0.29, 0.717) is 29.7 Å². The first-order valence-electron chi connectivity index (χ1n) is 9.38. The van der Waals surface area contributed by atoms with Crippen LogP contribution < -0.4 is 4.90 Å². The highest BCUT2D eigenvalue weighted by molar-refractivity contribution is 5.62. The SMILES string of the molecule is Cc1ncc(C(C)C)c2c1N(C)[C@H](C)[C@H](C)[C@H](C)CC2C(C)C. The first kappa shape index (κ1) is 18.3. The fraction of sp³-hybridized carbons (Fsp3) is 0.762. The molecule has 1 aromatic heterocycles. The van der Waals surface area contributed by atoms with Crippen molar-refractivity contribution in [3.63, 3.8) is 0 Å². The van der Waals surface area contributed by atoms with Gasteiger partial charge in [-0.3, -0.25) is 4.98 Å². The summed E-state index contributed by atoms with van der Waals surface area (Å²) < 4.78 is 0. The number of hydrogen-bond acceptors (Lipinski definition) is 2. The molecule has 0 spiro atoms. The van der Waals surface area contributed by atoms with Crippen molar-refractivity contribution in [3.8, 4) is 0 Å². The van der Waals surface area contributed by atoms with Crippen LogP contribution in [-0.2, 0) is 0 Å². The van der Waals surface area contributed by atoms with Gasteiger partial charge in [0.05, 0.1) is 11.4 Å². The number of anilines is 1. The normalized spacial score (nSPS) is 28.7. The summed E-state index contributed by atoms with van der Waals surface area (Å²) in [5, 5.41) is 0. The minimum atomic E-state index is 0.522. The minimum absolute atomic E-state index is 0.522. The minimum Gasteiger partial charge on any atom is -0.370 e. The fourth-order valence-electron chi connectivity index (χ4n) is 4.29. The van der Waals surface area contributed by atoms with Gasteiger partial charge in [-0.05, 0) is 61.0 Å². The summed E-state index contributed by atoms with van der Waals surface area (Å²) in [4.78, 5) is 7.28. The predicted octanol–water partition coefficient (Wildman–Crippen LogP) is 5.75. The van der Waals surface area contributed by atoms with Gasteiger partial charge in [0, 0.05) is 19.3 Å². The summed E-state index contributed by atoms with van der Waals surface area (Å²) in [7, 11) is 2.27. The van der Waals surface area contributed by atoms with Gasteiger partial charge in [-0.1, -0.05) is 41.5 Å². The van der Waals surface area contributed by atoms with Crippen LogP contribution >= 0.6 is 0 Å². The summed E-state index contributed by atoms with van der Waals surface area (Å²) in [5.41, 5.74) is 5.62. The lowest BCUT2D eigenvalue weighted by molar-refractivity contribution is 0.266. The molecule has 0 saturated carbocycles. The summed E-state index contributed by atoms with van der Waals surface area (Å²) in [6.07, 6.45) is 3.43. The van der Waals surface area contributed by atoms with Crippen LogP contribution in [0.2, 0.25) is 0 Å². The third kappa shape index (κ3) is 3.27. The maximum Gasteiger partial charge on any atom is 0.0620 e.